The second-order valence-corrected chi connectivity index (χ2v) is 4.95. The van der Waals surface area contributed by atoms with Gasteiger partial charge in [0.2, 0.25) is 5.91 Å². The van der Waals surface area contributed by atoms with Gasteiger partial charge >= 0.3 is 0 Å². The lowest BCUT2D eigenvalue weighted by Crippen LogP contribution is -2.33. The second-order valence-electron chi connectivity index (χ2n) is 4.95. The quantitative estimate of drug-likeness (QED) is 0.901. The monoisotopic (exact) mass is 270 g/mol. The van der Waals surface area contributed by atoms with Gasteiger partial charge in [0.25, 0.3) is 0 Å². The number of aromatic nitrogens is 3. The number of carbonyl (C=O) groups excluding carboxylic acids is 1. The van der Waals surface area contributed by atoms with Crippen LogP contribution in [0.1, 0.15) is 31.1 Å². The summed E-state index contributed by atoms with van der Waals surface area (Å²) in [6.07, 6.45) is 8.53. The highest BCUT2D eigenvalue weighted by atomic mass is 16.1. The molecular formula is C15H18N4O. The Kier molecular flexibility index (Phi) is 4.76. The minimum atomic E-state index is -0.0620. The van der Waals surface area contributed by atoms with E-state index >= 15 is 0 Å². The van der Waals surface area contributed by atoms with Crippen molar-refractivity contribution >= 4 is 5.91 Å². The lowest BCUT2D eigenvalue weighted by Gasteiger charge is -2.22. The molecule has 0 radical (unpaired) electrons. The standard InChI is InChI=1S/C15H18N4O/c1-11(2)15(12-4-3-5-16-9-12)19-14(20)8-13-10-17-6-7-18-13/h3-7,9-11,15H,8H2,1-2H3,(H,19,20)/t15-/m0/s1. The number of nitrogens with zero attached hydrogens (tertiary/aromatic N) is 3. The molecule has 104 valence electrons. The van der Waals surface area contributed by atoms with Crippen LogP contribution >= 0.6 is 0 Å². The summed E-state index contributed by atoms with van der Waals surface area (Å²) in [5.74, 6) is 0.220. The minimum Gasteiger partial charge on any atom is -0.349 e. The highest BCUT2D eigenvalue weighted by molar-refractivity contribution is 5.78. The Morgan fingerprint density at radius 3 is 2.60 bits per heavy atom. The van der Waals surface area contributed by atoms with Gasteiger partial charge in [0, 0.05) is 31.0 Å². The number of amides is 1. The summed E-state index contributed by atoms with van der Waals surface area (Å²) in [5.41, 5.74) is 1.67. The number of hydrogen-bond acceptors (Lipinski definition) is 4. The van der Waals surface area contributed by atoms with E-state index < -0.39 is 0 Å². The van der Waals surface area contributed by atoms with E-state index in [2.05, 4.69) is 34.1 Å². The maximum Gasteiger partial charge on any atom is 0.226 e. The van der Waals surface area contributed by atoms with E-state index in [4.69, 9.17) is 0 Å². The van der Waals surface area contributed by atoms with Gasteiger partial charge in [-0.1, -0.05) is 19.9 Å². The van der Waals surface area contributed by atoms with Crippen molar-refractivity contribution in [3.05, 3.63) is 54.4 Å². The van der Waals surface area contributed by atoms with Gasteiger partial charge in [-0.15, -0.1) is 0 Å². The molecule has 1 N–H and O–H groups in total. The highest BCUT2D eigenvalue weighted by Crippen LogP contribution is 2.20. The van der Waals surface area contributed by atoms with Crippen molar-refractivity contribution < 1.29 is 4.79 Å². The van der Waals surface area contributed by atoms with Crippen LogP contribution in [0.3, 0.4) is 0 Å². The zero-order chi connectivity index (χ0) is 14.4. The van der Waals surface area contributed by atoms with E-state index in [0.717, 1.165) is 5.56 Å². The third-order valence-electron chi connectivity index (χ3n) is 2.99. The van der Waals surface area contributed by atoms with Crippen LogP contribution < -0.4 is 5.32 Å². The number of carbonyl (C=O) groups is 1. The average molecular weight is 270 g/mol. The van der Waals surface area contributed by atoms with Gasteiger partial charge in [0.1, 0.15) is 0 Å². The molecule has 5 nitrogen and oxygen atoms in total. The van der Waals surface area contributed by atoms with E-state index in [9.17, 15) is 4.79 Å². The molecule has 2 aromatic heterocycles. The minimum absolute atomic E-state index is 0.0483. The van der Waals surface area contributed by atoms with Crippen molar-refractivity contribution in [2.24, 2.45) is 5.92 Å². The predicted molar refractivity (Wildman–Crippen MR) is 75.7 cm³/mol. The van der Waals surface area contributed by atoms with Crippen molar-refractivity contribution in [2.75, 3.05) is 0 Å². The molecule has 0 spiro atoms. The van der Waals surface area contributed by atoms with E-state index in [1.165, 1.54) is 0 Å². The van der Waals surface area contributed by atoms with Crippen LogP contribution in [0.15, 0.2) is 43.1 Å². The molecule has 0 aliphatic rings. The van der Waals surface area contributed by atoms with Gasteiger partial charge in [-0.2, -0.15) is 0 Å². The van der Waals surface area contributed by atoms with Crippen molar-refractivity contribution in [2.45, 2.75) is 26.3 Å². The van der Waals surface area contributed by atoms with Gasteiger partial charge < -0.3 is 5.32 Å². The molecule has 20 heavy (non-hydrogen) atoms. The fourth-order valence-corrected chi connectivity index (χ4v) is 2.01. The Morgan fingerprint density at radius 1 is 1.20 bits per heavy atom. The van der Waals surface area contributed by atoms with E-state index in [0.29, 0.717) is 5.69 Å². The van der Waals surface area contributed by atoms with Crippen LogP contribution in [-0.4, -0.2) is 20.9 Å². The van der Waals surface area contributed by atoms with Crippen LogP contribution in [0.5, 0.6) is 0 Å². The van der Waals surface area contributed by atoms with Crippen molar-refractivity contribution in [3.8, 4) is 0 Å². The number of rotatable bonds is 5. The maximum absolute atomic E-state index is 12.1. The summed E-state index contributed by atoms with van der Waals surface area (Å²) in [4.78, 5) is 24.3. The average Bonchev–Trinajstić information content (AvgIpc) is 2.46. The Bertz CT molecular complexity index is 542. The maximum atomic E-state index is 12.1. The number of hydrogen-bond donors (Lipinski definition) is 1. The van der Waals surface area contributed by atoms with Crippen molar-refractivity contribution in [1.29, 1.82) is 0 Å². The third-order valence-corrected chi connectivity index (χ3v) is 2.99. The number of nitrogens with one attached hydrogen (secondary N) is 1. The van der Waals surface area contributed by atoms with Gasteiger partial charge in [-0.3, -0.25) is 19.7 Å². The van der Waals surface area contributed by atoms with Gasteiger partial charge in [-0.05, 0) is 17.5 Å². The molecule has 1 amide bonds. The van der Waals surface area contributed by atoms with Crippen LogP contribution in [0.4, 0.5) is 0 Å². The molecule has 0 aliphatic carbocycles. The molecule has 0 unspecified atom stereocenters. The zero-order valence-corrected chi connectivity index (χ0v) is 11.7. The molecule has 2 aromatic rings. The summed E-state index contributed by atoms with van der Waals surface area (Å²) in [5, 5.41) is 3.03. The SMILES string of the molecule is CC(C)[C@H](NC(=O)Cc1cnccn1)c1cccnc1. The molecule has 0 aromatic carbocycles. The van der Waals surface area contributed by atoms with E-state index in [1.807, 2.05) is 12.1 Å². The predicted octanol–water partition coefficient (Wildman–Crippen LogP) is 1.93. The Hall–Kier alpha value is -2.30. The molecule has 2 rings (SSSR count). The zero-order valence-electron chi connectivity index (χ0n) is 11.7. The Labute approximate surface area is 118 Å². The first-order valence-corrected chi connectivity index (χ1v) is 6.61. The first kappa shape index (κ1) is 14.1. The normalized spacial score (nSPS) is 12.2. The van der Waals surface area contributed by atoms with Gasteiger partial charge in [0.05, 0.1) is 18.2 Å². The van der Waals surface area contributed by atoms with Crippen LogP contribution in [0.2, 0.25) is 0 Å². The fraction of sp³-hybridized carbons (Fsp3) is 0.333. The molecule has 1 atom stereocenters. The molecule has 0 bridgehead atoms. The molecular weight excluding hydrogens is 252 g/mol. The molecule has 5 heteroatoms. The fourth-order valence-electron chi connectivity index (χ4n) is 2.01. The van der Waals surface area contributed by atoms with E-state index in [1.54, 1.807) is 31.0 Å². The van der Waals surface area contributed by atoms with Gasteiger partial charge in [-0.25, -0.2) is 0 Å². The Morgan fingerprint density at radius 2 is 2.00 bits per heavy atom. The smallest absolute Gasteiger partial charge is 0.226 e. The summed E-state index contributed by atoms with van der Waals surface area (Å²) in [6.45, 7) is 4.14. The highest BCUT2D eigenvalue weighted by Gasteiger charge is 2.18. The summed E-state index contributed by atoms with van der Waals surface area (Å²) in [7, 11) is 0. The number of pyridine rings is 1. The van der Waals surface area contributed by atoms with Crippen molar-refractivity contribution in [1.82, 2.24) is 20.3 Å². The lowest BCUT2D eigenvalue weighted by molar-refractivity contribution is -0.121. The first-order chi connectivity index (χ1) is 9.66. The van der Waals surface area contributed by atoms with Crippen molar-refractivity contribution in [3.63, 3.8) is 0 Å². The summed E-state index contributed by atoms with van der Waals surface area (Å²) < 4.78 is 0. The molecule has 0 saturated heterocycles. The molecule has 0 saturated carbocycles. The van der Waals surface area contributed by atoms with Gasteiger partial charge in [0.15, 0.2) is 0 Å². The third kappa shape index (κ3) is 3.85. The van der Waals surface area contributed by atoms with E-state index in [-0.39, 0.29) is 24.3 Å². The molecule has 2 heterocycles. The largest absolute Gasteiger partial charge is 0.349 e. The Balaban J connectivity index is 2.04. The second kappa shape index (κ2) is 6.75. The van der Waals surface area contributed by atoms with Crippen LogP contribution in [-0.2, 0) is 11.2 Å². The first-order valence-electron chi connectivity index (χ1n) is 6.61. The molecule has 0 aliphatic heterocycles. The van der Waals surface area contributed by atoms with Crippen LogP contribution in [0.25, 0.3) is 0 Å². The van der Waals surface area contributed by atoms with Crippen LogP contribution in [0, 0.1) is 5.92 Å². The lowest BCUT2D eigenvalue weighted by atomic mass is 9.97. The molecule has 0 fully saturated rings. The summed E-state index contributed by atoms with van der Waals surface area (Å²) in [6, 6.07) is 3.80. The topological polar surface area (TPSA) is 67.8 Å². The summed E-state index contributed by atoms with van der Waals surface area (Å²) >= 11 is 0.